The van der Waals surface area contributed by atoms with E-state index in [1.807, 2.05) is 0 Å². The number of nitrogens with one attached hydrogen (secondary N) is 2. The van der Waals surface area contributed by atoms with Crippen molar-refractivity contribution >= 4 is 54.2 Å². The molecule has 5 aromatic carbocycles. The van der Waals surface area contributed by atoms with Gasteiger partial charge in [-0.1, -0.05) is 0 Å². The van der Waals surface area contributed by atoms with Gasteiger partial charge in [0.25, 0.3) is 11.8 Å². The first kappa shape index (κ1) is 30.8. The molecule has 0 atom stereocenters. The van der Waals surface area contributed by atoms with Gasteiger partial charge in [0.05, 0.1) is 25.1 Å². The molecule has 0 unspecified atom stereocenters. The smallest absolute Gasteiger partial charge is 0.259 e. The fourth-order valence-corrected chi connectivity index (χ4v) is 6.79. The molecule has 2 amide bonds. The van der Waals surface area contributed by atoms with Gasteiger partial charge in [-0.05, 0) is 115 Å². The largest absolute Gasteiger partial charge is 0.507 e. The van der Waals surface area contributed by atoms with Crippen LogP contribution in [-0.4, -0.2) is 33.8 Å². The fraction of sp³-hybridized carbons (Fsp3) is 0. The zero-order valence-electron chi connectivity index (χ0n) is 23.3. The maximum absolute atomic E-state index is 12.8. The molecule has 0 aliphatic carbocycles. The Morgan fingerprint density at radius 3 is 1.24 bits per heavy atom. The summed E-state index contributed by atoms with van der Waals surface area (Å²) in [5, 5.41) is 15.7. The third kappa shape index (κ3) is 6.64. The highest BCUT2D eigenvalue weighted by molar-refractivity contribution is 7.91. The van der Waals surface area contributed by atoms with Gasteiger partial charge >= 0.3 is 0 Å². The van der Waals surface area contributed by atoms with Crippen LogP contribution in [0.3, 0.4) is 0 Å². The lowest BCUT2D eigenvalue weighted by atomic mass is 10.1. The van der Waals surface area contributed by atoms with Crippen molar-refractivity contribution in [3.05, 3.63) is 126 Å². The Kier molecular flexibility index (Phi) is 8.31. The van der Waals surface area contributed by atoms with Crippen LogP contribution in [0.5, 0.6) is 5.75 Å². The molecule has 13 heteroatoms. The normalized spacial score (nSPS) is 11.5. The number of anilines is 4. The minimum Gasteiger partial charge on any atom is -0.507 e. The summed E-state index contributed by atoms with van der Waals surface area (Å²) < 4.78 is 51.4. The van der Waals surface area contributed by atoms with E-state index >= 15 is 0 Å². The molecular formula is C32H26N4O7S2. The minimum absolute atomic E-state index is 0.0153. The molecule has 5 aromatic rings. The molecule has 0 bridgehead atoms. The number of hydrogen-bond acceptors (Lipinski definition) is 9. The van der Waals surface area contributed by atoms with Crippen LogP contribution in [0.1, 0.15) is 20.7 Å². The summed E-state index contributed by atoms with van der Waals surface area (Å²) in [6.45, 7) is 0. The first-order valence-electron chi connectivity index (χ1n) is 13.2. The molecule has 7 N–H and O–H groups in total. The Bertz CT molecular complexity index is 2110. The monoisotopic (exact) mass is 642 g/mol. The summed E-state index contributed by atoms with van der Waals surface area (Å²) >= 11 is 0. The highest BCUT2D eigenvalue weighted by Gasteiger charge is 2.20. The molecule has 45 heavy (non-hydrogen) atoms. The zero-order valence-corrected chi connectivity index (χ0v) is 25.0. The van der Waals surface area contributed by atoms with E-state index in [2.05, 4.69) is 10.6 Å². The molecular weight excluding hydrogens is 617 g/mol. The standard InChI is InChI=1S/C32H26N4O7S2/c33-21-2-10-25(11-3-21)44(40,41)27-14-6-23(7-15-27)35-31(38)20-1-18-29(30(37)19-20)32(39)36-24-8-16-28(17-9-24)45(42,43)26-12-4-22(34)5-13-26/h1-19,37H,33-34H2,(H,35,38)(H,36,39). The fourth-order valence-electron chi connectivity index (χ4n) is 4.27. The lowest BCUT2D eigenvalue weighted by Crippen LogP contribution is -2.15. The van der Waals surface area contributed by atoms with Crippen LogP contribution in [0.2, 0.25) is 0 Å². The number of phenols is 1. The number of amides is 2. The summed E-state index contributed by atoms with van der Waals surface area (Å²) in [5.41, 5.74) is 12.6. The van der Waals surface area contributed by atoms with E-state index in [0.717, 1.165) is 6.07 Å². The summed E-state index contributed by atoms with van der Waals surface area (Å²) in [5.74, 6) is -1.76. The summed E-state index contributed by atoms with van der Waals surface area (Å²) in [4.78, 5) is 25.8. The van der Waals surface area contributed by atoms with Crippen LogP contribution in [0.25, 0.3) is 0 Å². The number of nitrogen functional groups attached to an aromatic ring is 2. The Morgan fingerprint density at radius 1 is 0.511 bits per heavy atom. The number of benzene rings is 5. The molecule has 0 saturated carbocycles. The van der Waals surface area contributed by atoms with Crippen LogP contribution in [0.4, 0.5) is 22.7 Å². The summed E-state index contributed by atoms with van der Waals surface area (Å²) in [6, 6.07) is 26.4. The highest BCUT2D eigenvalue weighted by atomic mass is 32.2. The van der Waals surface area contributed by atoms with Crippen molar-refractivity contribution in [2.24, 2.45) is 0 Å². The SMILES string of the molecule is Nc1ccc(S(=O)(=O)c2ccc(NC(=O)c3ccc(C(=O)Nc4ccc(S(=O)(=O)c5ccc(N)cc5)cc4)c(O)c3)cc2)cc1. The zero-order chi connectivity index (χ0) is 32.4. The van der Waals surface area contributed by atoms with Crippen molar-refractivity contribution in [1.82, 2.24) is 0 Å². The molecule has 0 saturated heterocycles. The van der Waals surface area contributed by atoms with E-state index in [-0.39, 0.29) is 36.4 Å². The molecule has 0 aliphatic rings. The third-order valence-corrected chi connectivity index (χ3v) is 10.3. The third-order valence-electron chi connectivity index (χ3n) is 6.73. The Hall–Kier alpha value is -5.66. The van der Waals surface area contributed by atoms with Crippen LogP contribution in [0.15, 0.2) is 135 Å². The van der Waals surface area contributed by atoms with Crippen molar-refractivity contribution in [2.75, 3.05) is 22.1 Å². The average Bonchev–Trinajstić information content (AvgIpc) is 3.02. The number of nitrogens with two attached hydrogens (primary N) is 2. The van der Waals surface area contributed by atoms with Crippen LogP contribution in [-0.2, 0) is 19.7 Å². The van der Waals surface area contributed by atoms with Gasteiger partial charge in [-0.3, -0.25) is 9.59 Å². The second kappa shape index (κ2) is 12.1. The molecule has 0 fully saturated rings. The molecule has 0 spiro atoms. The van der Waals surface area contributed by atoms with Crippen molar-refractivity contribution in [1.29, 1.82) is 0 Å². The summed E-state index contributed by atoms with van der Waals surface area (Å²) in [7, 11) is -7.58. The van der Waals surface area contributed by atoms with Gasteiger partial charge in [0.2, 0.25) is 19.7 Å². The minimum atomic E-state index is -3.79. The number of carbonyl (C=O) groups excluding carboxylic acids is 2. The Morgan fingerprint density at radius 2 is 0.867 bits per heavy atom. The van der Waals surface area contributed by atoms with Crippen LogP contribution < -0.4 is 22.1 Å². The number of hydrogen-bond donors (Lipinski definition) is 5. The van der Waals surface area contributed by atoms with Gasteiger partial charge in [-0.15, -0.1) is 0 Å². The second-order valence-corrected chi connectivity index (χ2v) is 13.7. The van der Waals surface area contributed by atoms with E-state index in [0.29, 0.717) is 17.1 Å². The van der Waals surface area contributed by atoms with Crippen molar-refractivity contribution in [3.63, 3.8) is 0 Å². The van der Waals surface area contributed by atoms with E-state index < -0.39 is 37.2 Å². The average molecular weight is 643 g/mol. The first-order chi connectivity index (χ1) is 21.3. The van der Waals surface area contributed by atoms with Gasteiger partial charge in [0, 0.05) is 28.3 Å². The van der Waals surface area contributed by atoms with Crippen molar-refractivity contribution < 1.29 is 31.5 Å². The quantitative estimate of drug-likeness (QED) is 0.149. The number of sulfone groups is 2. The number of carbonyl (C=O) groups is 2. The maximum Gasteiger partial charge on any atom is 0.259 e. The lowest BCUT2D eigenvalue weighted by molar-refractivity contribution is 0.101. The van der Waals surface area contributed by atoms with E-state index in [1.165, 1.54) is 109 Å². The highest BCUT2D eigenvalue weighted by Crippen LogP contribution is 2.26. The molecule has 0 radical (unpaired) electrons. The van der Waals surface area contributed by atoms with Gasteiger partial charge in [0.15, 0.2) is 0 Å². The second-order valence-electron chi connectivity index (χ2n) is 9.83. The predicted octanol–water partition coefficient (Wildman–Crippen LogP) is 4.73. The predicted molar refractivity (Wildman–Crippen MR) is 170 cm³/mol. The van der Waals surface area contributed by atoms with Gasteiger partial charge < -0.3 is 27.2 Å². The van der Waals surface area contributed by atoms with Gasteiger partial charge in [0.1, 0.15) is 5.75 Å². The Labute approximate surface area is 259 Å². The van der Waals surface area contributed by atoms with Gasteiger partial charge in [-0.25, -0.2) is 16.8 Å². The summed E-state index contributed by atoms with van der Waals surface area (Å²) in [6.07, 6.45) is 0. The topological polar surface area (TPSA) is 199 Å². The molecule has 11 nitrogen and oxygen atoms in total. The Balaban J connectivity index is 1.23. The number of rotatable bonds is 8. The van der Waals surface area contributed by atoms with E-state index in [9.17, 15) is 31.5 Å². The molecule has 228 valence electrons. The van der Waals surface area contributed by atoms with Crippen molar-refractivity contribution in [2.45, 2.75) is 19.6 Å². The van der Waals surface area contributed by atoms with Crippen molar-refractivity contribution in [3.8, 4) is 5.75 Å². The van der Waals surface area contributed by atoms with E-state index in [4.69, 9.17) is 11.5 Å². The van der Waals surface area contributed by atoms with Gasteiger partial charge in [-0.2, -0.15) is 0 Å². The lowest BCUT2D eigenvalue weighted by Gasteiger charge is -2.11. The molecule has 0 aliphatic heterocycles. The van der Waals surface area contributed by atoms with Crippen LogP contribution in [0, 0.1) is 0 Å². The van der Waals surface area contributed by atoms with Crippen LogP contribution >= 0.6 is 0 Å². The first-order valence-corrected chi connectivity index (χ1v) is 16.2. The molecule has 0 heterocycles. The number of aromatic hydroxyl groups is 1. The molecule has 5 rings (SSSR count). The molecule has 0 aromatic heterocycles. The number of phenolic OH excluding ortho intramolecular Hbond substituents is 1. The maximum atomic E-state index is 12.8. The van der Waals surface area contributed by atoms with E-state index in [1.54, 1.807) is 0 Å².